The first kappa shape index (κ1) is 28.6. The maximum absolute atomic E-state index is 10.1. The third-order valence-electron chi connectivity index (χ3n) is 6.22. The average Bonchev–Trinajstić information content (AvgIpc) is 2.77. The number of rotatable bonds is 20. The van der Waals surface area contributed by atoms with Gasteiger partial charge in [-0.05, 0) is 32.1 Å². The van der Waals surface area contributed by atoms with Gasteiger partial charge in [-0.25, -0.2) is 0 Å². The minimum atomic E-state index is -0.973. The van der Waals surface area contributed by atoms with Gasteiger partial charge in [0.25, 0.3) is 0 Å². The first-order chi connectivity index (χ1) is 15.2. The molecule has 0 unspecified atom stereocenters. The fraction of sp³-hybridized carbons (Fsp3) is 0.923. The van der Waals surface area contributed by atoms with E-state index in [1.165, 1.54) is 89.9 Å². The number of aliphatic hydroxyl groups is 3. The molecule has 0 bridgehead atoms. The summed E-state index contributed by atoms with van der Waals surface area (Å²) in [6.07, 6.45) is 22.2. The van der Waals surface area contributed by atoms with E-state index in [-0.39, 0.29) is 13.2 Å². The molecule has 0 aromatic carbocycles. The highest BCUT2D eigenvalue weighted by molar-refractivity contribution is 4.87. The molecule has 1 aliphatic rings. The molecule has 5 heteroatoms. The van der Waals surface area contributed by atoms with Crippen molar-refractivity contribution in [2.24, 2.45) is 0 Å². The predicted molar refractivity (Wildman–Crippen MR) is 127 cm³/mol. The Balaban J connectivity index is 1.83. The van der Waals surface area contributed by atoms with Gasteiger partial charge in [0.2, 0.25) is 0 Å². The van der Waals surface area contributed by atoms with E-state index in [4.69, 9.17) is 9.47 Å². The van der Waals surface area contributed by atoms with E-state index in [1.54, 1.807) is 0 Å². The first-order valence-corrected chi connectivity index (χ1v) is 13.1. The Labute approximate surface area is 191 Å². The molecule has 1 aliphatic heterocycles. The van der Waals surface area contributed by atoms with Crippen LogP contribution in [0, 0.1) is 0 Å². The Morgan fingerprint density at radius 2 is 1.29 bits per heavy atom. The van der Waals surface area contributed by atoms with Crippen LogP contribution in [0.25, 0.3) is 0 Å². The molecule has 3 N–H and O–H groups in total. The molecular formula is C26H50O5. The summed E-state index contributed by atoms with van der Waals surface area (Å²) in [7, 11) is 0. The number of aliphatic hydroxyl groups excluding tert-OH is 3. The van der Waals surface area contributed by atoms with E-state index >= 15 is 0 Å². The zero-order valence-electron chi connectivity index (χ0n) is 20.1. The van der Waals surface area contributed by atoms with Gasteiger partial charge in [0, 0.05) is 6.61 Å². The van der Waals surface area contributed by atoms with Crippen LogP contribution in [0.1, 0.15) is 110 Å². The Kier molecular flexibility index (Phi) is 18.6. The topological polar surface area (TPSA) is 79.2 Å². The van der Waals surface area contributed by atoms with Crippen molar-refractivity contribution in [1.82, 2.24) is 0 Å². The standard InChI is InChI=1S/C26H50O5/c1-2-3-4-5-6-7-8-9-10-11-12-13-14-15-16-17-18-19-20-30-26-23(28)22-31-24(21-27)25(26)29/h9-10,23-29H,2-8,11-22H2,1H3/b10-9+/t23-,24+,25+,26+/m1/s1. The maximum Gasteiger partial charge on any atom is 0.114 e. The molecule has 1 fully saturated rings. The Hall–Kier alpha value is -0.460. The molecule has 0 saturated carbocycles. The maximum atomic E-state index is 10.1. The van der Waals surface area contributed by atoms with Gasteiger partial charge in [0.15, 0.2) is 0 Å². The molecule has 0 aromatic heterocycles. The highest BCUT2D eigenvalue weighted by Crippen LogP contribution is 2.19. The van der Waals surface area contributed by atoms with E-state index in [2.05, 4.69) is 19.1 Å². The monoisotopic (exact) mass is 442 g/mol. The molecule has 0 radical (unpaired) electrons. The summed E-state index contributed by atoms with van der Waals surface area (Å²) in [5.74, 6) is 0. The molecule has 1 rings (SSSR count). The molecule has 0 amide bonds. The lowest BCUT2D eigenvalue weighted by Crippen LogP contribution is -2.55. The Bertz CT molecular complexity index is 415. The molecular weight excluding hydrogens is 392 g/mol. The van der Waals surface area contributed by atoms with Crippen LogP contribution < -0.4 is 0 Å². The second-order valence-electron chi connectivity index (χ2n) is 9.09. The van der Waals surface area contributed by atoms with Crippen molar-refractivity contribution in [3.05, 3.63) is 12.2 Å². The lowest BCUT2D eigenvalue weighted by Gasteiger charge is -2.37. The van der Waals surface area contributed by atoms with Crippen LogP contribution in [0.2, 0.25) is 0 Å². The van der Waals surface area contributed by atoms with Gasteiger partial charge in [0.1, 0.15) is 24.4 Å². The van der Waals surface area contributed by atoms with Crippen molar-refractivity contribution in [2.45, 2.75) is 134 Å². The second-order valence-corrected chi connectivity index (χ2v) is 9.09. The number of unbranched alkanes of at least 4 members (excludes halogenated alkanes) is 14. The third kappa shape index (κ3) is 14.3. The van der Waals surface area contributed by atoms with Crippen molar-refractivity contribution >= 4 is 0 Å². The quantitative estimate of drug-likeness (QED) is 0.176. The summed E-state index contributed by atoms with van der Waals surface area (Å²) in [6.45, 7) is 2.64. The van der Waals surface area contributed by atoms with Crippen LogP contribution in [0.5, 0.6) is 0 Å². The highest BCUT2D eigenvalue weighted by atomic mass is 16.6. The number of hydrogen-bond acceptors (Lipinski definition) is 5. The Morgan fingerprint density at radius 3 is 1.84 bits per heavy atom. The van der Waals surface area contributed by atoms with Gasteiger partial charge < -0.3 is 24.8 Å². The van der Waals surface area contributed by atoms with Gasteiger partial charge in [-0.1, -0.05) is 89.7 Å². The van der Waals surface area contributed by atoms with Crippen LogP contribution in [0.4, 0.5) is 0 Å². The van der Waals surface area contributed by atoms with E-state index in [9.17, 15) is 15.3 Å². The number of ether oxygens (including phenoxy) is 2. The predicted octanol–water partition coefficient (Wildman–Crippen LogP) is 5.30. The molecule has 0 aromatic rings. The molecule has 1 heterocycles. The summed E-state index contributed by atoms with van der Waals surface area (Å²) in [5, 5.41) is 29.2. The van der Waals surface area contributed by atoms with Crippen molar-refractivity contribution in [3.8, 4) is 0 Å². The summed E-state index contributed by atoms with van der Waals surface area (Å²) in [4.78, 5) is 0. The van der Waals surface area contributed by atoms with Crippen LogP contribution in [-0.2, 0) is 9.47 Å². The summed E-state index contributed by atoms with van der Waals surface area (Å²) in [5.41, 5.74) is 0. The van der Waals surface area contributed by atoms with Crippen molar-refractivity contribution < 1.29 is 24.8 Å². The zero-order chi connectivity index (χ0) is 22.6. The second kappa shape index (κ2) is 20.2. The molecule has 184 valence electrons. The molecule has 5 nitrogen and oxygen atoms in total. The van der Waals surface area contributed by atoms with E-state index in [0.717, 1.165) is 12.8 Å². The fourth-order valence-corrected chi connectivity index (χ4v) is 4.15. The molecule has 4 atom stereocenters. The minimum Gasteiger partial charge on any atom is -0.394 e. The van der Waals surface area contributed by atoms with Crippen LogP contribution in [0.15, 0.2) is 12.2 Å². The van der Waals surface area contributed by atoms with E-state index in [0.29, 0.717) is 6.61 Å². The highest BCUT2D eigenvalue weighted by Gasteiger charge is 2.38. The van der Waals surface area contributed by atoms with Crippen molar-refractivity contribution in [1.29, 1.82) is 0 Å². The van der Waals surface area contributed by atoms with Crippen molar-refractivity contribution in [3.63, 3.8) is 0 Å². The third-order valence-corrected chi connectivity index (χ3v) is 6.22. The fourth-order valence-electron chi connectivity index (χ4n) is 4.15. The zero-order valence-corrected chi connectivity index (χ0v) is 20.1. The lowest BCUT2D eigenvalue weighted by molar-refractivity contribution is -0.210. The lowest BCUT2D eigenvalue weighted by atomic mass is 10.0. The number of hydrogen-bond donors (Lipinski definition) is 3. The van der Waals surface area contributed by atoms with Gasteiger partial charge in [-0.2, -0.15) is 0 Å². The molecule has 0 spiro atoms. The molecule has 1 saturated heterocycles. The smallest absolute Gasteiger partial charge is 0.114 e. The van der Waals surface area contributed by atoms with E-state index < -0.39 is 24.4 Å². The minimum absolute atomic E-state index is 0.0991. The summed E-state index contributed by atoms with van der Waals surface area (Å²) in [6, 6.07) is 0. The van der Waals surface area contributed by atoms with Gasteiger partial charge >= 0.3 is 0 Å². The van der Waals surface area contributed by atoms with Crippen molar-refractivity contribution in [2.75, 3.05) is 19.8 Å². The summed E-state index contributed by atoms with van der Waals surface area (Å²) >= 11 is 0. The van der Waals surface area contributed by atoms with Gasteiger partial charge in [-0.3, -0.25) is 0 Å². The van der Waals surface area contributed by atoms with Crippen LogP contribution >= 0.6 is 0 Å². The van der Waals surface area contributed by atoms with Gasteiger partial charge in [0.05, 0.1) is 13.2 Å². The normalized spacial score (nSPS) is 24.3. The average molecular weight is 443 g/mol. The van der Waals surface area contributed by atoms with Crippen LogP contribution in [0.3, 0.4) is 0 Å². The first-order valence-electron chi connectivity index (χ1n) is 13.1. The Morgan fingerprint density at radius 1 is 0.774 bits per heavy atom. The van der Waals surface area contributed by atoms with Crippen LogP contribution in [-0.4, -0.2) is 59.6 Å². The SMILES string of the molecule is CCCCCCCC/C=C/CCCCCCCCCCO[C@@H]1[C@@H](O)[C@H](CO)OC[C@H]1O. The molecule has 0 aliphatic carbocycles. The van der Waals surface area contributed by atoms with E-state index in [1.807, 2.05) is 0 Å². The van der Waals surface area contributed by atoms with Gasteiger partial charge in [-0.15, -0.1) is 0 Å². The summed E-state index contributed by atoms with van der Waals surface area (Å²) < 4.78 is 10.9. The molecule has 31 heavy (non-hydrogen) atoms. The largest absolute Gasteiger partial charge is 0.394 e. The number of allylic oxidation sites excluding steroid dienone is 2.